The van der Waals surface area contributed by atoms with E-state index in [1.54, 1.807) is 0 Å². The molecule has 2 bridgehead atoms. The van der Waals surface area contributed by atoms with Crippen molar-refractivity contribution in [3.05, 3.63) is 107 Å². The van der Waals surface area contributed by atoms with Crippen molar-refractivity contribution in [3.63, 3.8) is 0 Å². The number of hydrogen-bond acceptors (Lipinski definition) is 1. The Morgan fingerprint density at radius 2 is 1.23 bits per heavy atom. The van der Waals surface area contributed by atoms with Gasteiger partial charge in [0.1, 0.15) is 16.1 Å². The summed E-state index contributed by atoms with van der Waals surface area (Å²) in [6.45, 7) is 0. The summed E-state index contributed by atoms with van der Waals surface area (Å²) in [5, 5.41) is -0.147. The zero-order chi connectivity index (χ0) is 17.6. The summed E-state index contributed by atoms with van der Waals surface area (Å²) in [6.07, 6.45) is 0. The number of halogens is 2. The topological polar surface area (TPSA) is 9.23 Å². The fraction of sp³-hybridized carbons (Fsp3) is 0.217. The molecule has 26 heavy (non-hydrogen) atoms. The SMILES string of the molecule is ClC1[C@@H]2[C@]3(c4ccccc4)O[C@@](c4ccccc4)(c4ccccc43)[C@]12Cl. The summed E-state index contributed by atoms with van der Waals surface area (Å²) in [6, 6.07) is 29.2. The molecular formula is C23H16Cl2O. The number of ether oxygens (including phenoxy) is 1. The van der Waals surface area contributed by atoms with E-state index in [1.807, 2.05) is 24.3 Å². The third-order valence-electron chi connectivity index (χ3n) is 6.42. The lowest BCUT2D eigenvalue weighted by Crippen LogP contribution is -2.39. The van der Waals surface area contributed by atoms with Crippen molar-refractivity contribution in [2.24, 2.45) is 5.92 Å². The van der Waals surface area contributed by atoms with Crippen molar-refractivity contribution >= 4 is 23.2 Å². The molecule has 0 aromatic heterocycles. The van der Waals surface area contributed by atoms with Crippen molar-refractivity contribution in [1.82, 2.24) is 0 Å². The lowest BCUT2D eigenvalue weighted by atomic mass is 9.71. The molecule has 1 aliphatic carbocycles. The van der Waals surface area contributed by atoms with Crippen LogP contribution >= 0.6 is 23.2 Å². The second-order valence-electron chi connectivity index (χ2n) is 7.44. The summed E-state index contributed by atoms with van der Waals surface area (Å²) in [5.74, 6) is 0.0378. The summed E-state index contributed by atoms with van der Waals surface area (Å²) < 4.78 is 7.01. The molecule has 6 rings (SSSR count). The van der Waals surface area contributed by atoms with E-state index in [4.69, 9.17) is 27.9 Å². The molecule has 0 N–H and O–H groups in total. The molecule has 3 aromatic carbocycles. The summed E-state index contributed by atoms with van der Waals surface area (Å²) in [4.78, 5) is -0.639. The first-order valence-electron chi connectivity index (χ1n) is 8.91. The summed E-state index contributed by atoms with van der Waals surface area (Å²) >= 11 is 14.2. The van der Waals surface area contributed by atoms with Crippen LogP contribution in [0.1, 0.15) is 22.3 Å². The van der Waals surface area contributed by atoms with E-state index in [2.05, 4.69) is 60.7 Å². The Bertz CT molecular complexity index is 1020. The quantitative estimate of drug-likeness (QED) is 0.540. The van der Waals surface area contributed by atoms with Gasteiger partial charge in [0.15, 0.2) is 0 Å². The third kappa shape index (κ3) is 1.41. The molecule has 1 nitrogen and oxygen atoms in total. The molecular weight excluding hydrogens is 363 g/mol. The van der Waals surface area contributed by atoms with Gasteiger partial charge in [-0.15, -0.1) is 23.2 Å². The molecule has 0 amide bonds. The van der Waals surface area contributed by atoms with Crippen molar-refractivity contribution in [2.75, 3.05) is 0 Å². The zero-order valence-corrected chi connectivity index (χ0v) is 15.4. The van der Waals surface area contributed by atoms with Crippen molar-refractivity contribution < 1.29 is 4.74 Å². The lowest BCUT2D eigenvalue weighted by Gasteiger charge is -2.34. The highest BCUT2D eigenvalue weighted by atomic mass is 35.5. The Kier molecular flexibility index (Phi) is 2.78. The van der Waals surface area contributed by atoms with Gasteiger partial charge in [-0.3, -0.25) is 0 Å². The van der Waals surface area contributed by atoms with Crippen LogP contribution in [0, 0.1) is 5.92 Å². The van der Waals surface area contributed by atoms with Crippen molar-refractivity contribution in [3.8, 4) is 0 Å². The number of hydrogen-bond donors (Lipinski definition) is 0. The van der Waals surface area contributed by atoms with Gasteiger partial charge in [0.05, 0.1) is 5.38 Å². The molecule has 3 heteroatoms. The summed E-state index contributed by atoms with van der Waals surface area (Å²) in [7, 11) is 0. The van der Waals surface area contributed by atoms with Gasteiger partial charge in [0, 0.05) is 5.92 Å². The van der Waals surface area contributed by atoms with Crippen LogP contribution in [0.3, 0.4) is 0 Å². The molecule has 3 aromatic rings. The van der Waals surface area contributed by atoms with Gasteiger partial charge < -0.3 is 4.74 Å². The van der Waals surface area contributed by atoms with Crippen LogP contribution in [0.2, 0.25) is 0 Å². The minimum absolute atomic E-state index is 0.0378. The van der Waals surface area contributed by atoms with Crippen molar-refractivity contribution in [1.29, 1.82) is 0 Å². The Morgan fingerprint density at radius 3 is 1.88 bits per heavy atom. The molecule has 0 spiro atoms. The minimum atomic E-state index is -0.723. The number of benzene rings is 3. The van der Waals surface area contributed by atoms with Gasteiger partial charge in [0.2, 0.25) is 0 Å². The predicted molar refractivity (Wildman–Crippen MR) is 104 cm³/mol. The number of alkyl halides is 2. The molecule has 2 heterocycles. The Hall–Kier alpha value is -1.80. The smallest absolute Gasteiger partial charge is 0.141 e. The first kappa shape index (κ1) is 15.3. The highest BCUT2D eigenvalue weighted by Crippen LogP contribution is 2.83. The van der Waals surface area contributed by atoms with E-state index in [-0.39, 0.29) is 11.3 Å². The maximum atomic E-state index is 7.29. The normalized spacial score (nSPS) is 38.7. The molecule has 0 radical (unpaired) electrons. The molecule has 1 saturated carbocycles. The van der Waals surface area contributed by atoms with E-state index in [9.17, 15) is 0 Å². The molecule has 128 valence electrons. The van der Waals surface area contributed by atoms with E-state index in [0.29, 0.717) is 0 Å². The number of rotatable bonds is 2. The molecule has 2 fully saturated rings. The predicted octanol–water partition coefficient (Wildman–Crippen LogP) is 5.43. The first-order valence-corrected chi connectivity index (χ1v) is 9.73. The van der Waals surface area contributed by atoms with Crippen LogP contribution in [0.15, 0.2) is 84.9 Å². The molecule has 5 atom stereocenters. The maximum Gasteiger partial charge on any atom is 0.141 e. The second kappa shape index (κ2) is 4.72. The lowest BCUT2D eigenvalue weighted by molar-refractivity contribution is -0.0679. The second-order valence-corrected chi connectivity index (χ2v) is 8.54. The molecule has 3 aliphatic rings. The molecule has 1 saturated heterocycles. The fourth-order valence-electron chi connectivity index (χ4n) is 5.40. The van der Waals surface area contributed by atoms with Gasteiger partial charge in [-0.25, -0.2) is 0 Å². The molecule has 2 aliphatic heterocycles. The van der Waals surface area contributed by atoms with Crippen LogP contribution < -0.4 is 0 Å². The Labute approximate surface area is 162 Å². The van der Waals surface area contributed by atoms with Crippen LogP contribution in [0.25, 0.3) is 0 Å². The van der Waals surface area contributed by atoms with Gasteiger partial charge in [0.25, 0.3) is 0 Å². The number of fused-ring (bicyclic) bond motifs is 8. The Balaban J connectivity index is 1.73. The van der Waals surface area contributed by atoms with Crippen LogP contribution in [0.5, 0.6) is 0 Å². The van der Waals surface area contributed by atoms with E-state index >= 15 is 0 Å². The van der Waals surface area contributed by atoms with Gasteiger partial charge in [-0.05, 0) is 22.3 Å². The van der Waals surface area contributed by atoms with Gasteiger partial charge in [-0.2, -0.15) is 0 Å². The van der Waals surface area contributed by atoms with E-state index in [1.165, 1.54) is 5.56 Å². The highest BCUT2D eigenvalue weighted by molar-refractivity contribution is 6.39. The zero-order valence-electron chi connectivity index (χ0n) is 13.9. The average molecular weight is 379 g/mol. The van der Waals surface area contributed by atoms with E-state index < -0.39 is 16.1 Å². The first-order chi connectivity index (χ1) is 12.7. The van der Waals surface area contributed by atoms with Crippen LogP contribution in [-0.2, 0) is 15.9 Å². The van der Waals surface area contributed by atoms with E-state index in [0.717, 1.165) is 16.7 Å². The summed E-state index contributed by atoms with van der Waals surface area (Å²) in [5.41, 5.74) is 3.22. The van der Waals surface area contributed by atoms with Crippen LogP contribution in [0.4, 0.5) is 0 Å². The highest BCUT2D eigenvalue weighted by Gasteiger charge is 2.91. The Morgan fingerprint density at radius 1 is 0.692 bits per heavy atom. The monoisotopic (exact) mass is 378 g/mol. The van der Waals surface area contributed by atoms with Crippen molar-refractivity contribution in [2.45, 2.75) is 21.5 Å². The fourth-order valence-corrected chi connectivity index (χ4v) is 6.65. The molecule has 1 unspecified atom stereocenters. The minimum Gasteiger partial charge on any atom is -0.347 e. The van der Waals surface area contributed by atoms with Crippen LogP contribution in [-0.4, -0.2) is 10.3 Å². The maximum absolute atomic E-state index is 7.29. The largest absolute Gasteiger partial charge is 0.347 e. The van der Waals surface area contributed by atoms with Gasteiger partial charge >= 0.3 is 0 Å². The van der Waals surface area contributed by atoms with Gasteiger partial charge in [-0.1, -0.05) is 84.9 Å². The average Bonchev–Trinajstić information content (AvgIpc) is 3.04. The standard InChI is InChI=1S/C23H16Cl2O/c24-20-19-21(15-9-3-1-4-10-15)17-13-7-8-14-18(17)23(26-21,22(19,20)25)16-11-5-2-6-12-16/h1-14,19-20H/t19-,20?,21-,22-,23+/m1/s1. The third-order valence-corrected chi connectivity index (χ3v) is 7.86.